The zero-order valence-corrected chi connectivity index (χ0v) is 10.2. The molecule has 0 radical (unpaired) electrons. The van der Waals surface area contributed by atoms with Crippen LogP contribution in [0.5, 0.6) is 0 Å². The highest BCUT2D eigenvalue weighted by Gasteiger charge is 2.42. The lowest BCUT2D eigenvalue weighted by atomic mass is 9.83. The van der Waals surface area contributed by atoms with E-state index < -0.39 is 5.97 Å². The molecule has 1 heterocycles. The molecule has 0 amide bonds. The minimum absolute atomic E-state index is 0.0128. The molecule has 0 aromatic heterocycles. The maximum Gasteiger partial charge on any atom is 0.305 e. The number of aliphatic hydroxyl groups excluding tert-OH is 1. The van der Waals surface area contributed by atoms with E-state index in [-0.39, 0.29) is 24.0 Å². The Morgan fingerprint density at radius 1 is 1.29 bits per heavy atom. The molecule has 1 saturated heterocycles. The maximum atomic E-state index is 10.8. The monoisotopic (exact) mass is 242 g/mol. The van der Waals surface area contributed by atoms with Crippen molar-refractivity contribution >= 4 is 5.97 Å². The van der Waals surface area contributed by atoms with E-state index in [0.29, 0.717) is 13.1 Å². The summed E-state index contributed by atoms with van der Waals surface area (Å²) in [5.41, 5.74) is -0.308. The minimum atomic E-state index is -0.761. The summed E-state index contributed by atoms with van der Waals surface area (Å²) in [4.78, 5) is 10.8. The summed E-state index contributed by atoms with van der Waals surface area (Å²) in [5.74, 6) is -0.761. The van der Waals surface area contributed by atoms with Gasteiger partial charge in [0.2, 0.25) is 0 Å². The van der Waals surface area contributed by atoms with Gasteiger partial charge in [-0.05, 0) is 12.8 Å². The number of aliphatic carboxylic acids is 1. The van der Waals surface area contributed by atoms with Gasteiger partial charge in [-0.1, -0.05) is 12.8 Å². The van der Waals surface area contributed by atoms with E-state index >= 15 is 0 Å². The topological polar surface area (TPSA) is 81.6 Å². The second-order valence-corrected chi connectivity index (χ2v) is 5.67. The Bertz CT molecular complexity index is 283. The molecule has 98 valence electrons. The van der Waals surface area contributed by atoms with Crippen LogP contribution in [0.15, 0.2) is 0 Å². The van der Waals surface area contributed by atoms with Crippen molar-refractivity contribution < 1.29 is 15.0 Å². The minimum Gasteiger partial charge on any atom is -0.481 e. The molecule has 1 aliphatic carbocycles. The van der Waals surface area contributed by atoms with Gasteiger partial charge in [0.05, 0.1) is 12.0 Å². The van der Waals surface area contributed by atoms with Crippen LogP contribution < -0.4 is 10.6 Å². The van der Waals surface area contributed by atoms with Gasteiger partial charge in [-0.2, -0.15) is 0 Å². The summed E-state index contributed by atoms with van der Waals surface area (Å²) < 4.78 is 0. The lowest BCUT2D eigenvalue weighted by molar-refractivity contribution is -0.139. The van der Waals surface area contributed by atoms with Crippen LogP contribution >= 0.6 is 0 Å². The Balaban J connectivity index is 1.89. The predicted octanol–water partition coefficient (Wildman–Crippen LogP) is -0.0546. The van der Waals surface area contributed by atoms with Crippen LogP contribution in [0.2, 0.25) is 0 Å². The van der Waals surface area contributed by atoms with Crippen molar-refractivity contribution in [2.75, 3.05) is 26.2 Å². The lowest BCUT2D eigenvalue weighted by Crippen LogP contribution is -2.69. The molecule has 1 aliphatic heterocycles. The summed E-state index contributed by atoms with van der Waals surface area (Å²) in [6, 6.07) is 0. The molecular formula is C12H22N2O3. The summed E-state index contributed by atoms with van der Waals surface area (Å²) in [5, 5.41) is 24.9. The number of carboxylic acid groups (broad SMARTS) is 1. The molecule has 2 rings (SSSR count). The largest absolute Gasteiger partial charge is 0.481 e. The van der Waals surface area contributed by atoms with Gasteiger partial charge < -0.3 is 20.8 Å². The van der Waals surface area contributed by atoms with Crippen LogP contribution in [0, 0.1) is 5.41 Å². The van der Waals surface area contributed by atoms with E-state index in [9.17, 15) is 9.90 Å². The second-order valence-electron chi connectivity index (χ2n) is 5.67. The number of carbonyl (C=O) groups is 1. The number of carboxylic acids is 1. The molecule has 5 nitrogen and oxygen atoms in total. The molecular weight excluding hydrogens is 220 g/mol. The number of rotatable bonds is 6. The summed E-state index contributed by atoms with van der Waals surface area (Å²) in [7, 11) is 0. The van der Waals surface area contributed by atoms with E-state index in [4.69, 9.17) is 5.11 Å². The SMILES string of the molecule is O=C(O)CC1(NCC2(CO)CCCC2)CNC1. The molecule has 5 heteroatoms. The van der Waals surface area contributed by atoms with Crippen molar-refractivity contribution in [2.45, 2.75) is 37.6 Å². The van der Waals surface area contributed by atoms with Crippen molar-refractivity contribution in [3.63, 3.8) is 0 Å². The quantitative estimate of drug-likeness (QED) is 0.525. The number of aliphatic hydroxyl groups is 1. The number of nitrogens with one attached hydrogen (secondary N) is 2. The van der Waals surface area contributed by atoms with Gasteiger partial charge in [-0.15, -0.1) is 0 Å². The van der Waals surface area contributed by atoms with Gasteiger partial charge in [0, 0.05) is 31.7 Å². The maximum absolute atomic E-state index is 10.8. The van der Waals surface area contributed by atoms with Crippen LogP contribution in [-0.2, 0) is 4.79 Å². The van der Waals surface area contributed by atoms with Gasteiger partial charge in [0.25, 0.3) is 0 Å². The van der Waals surface area contributed by atoms with E-state index in [0.717, 1.165) is 19.4 Å². The number of hydrogen-bond donors (Lipinski definition) is 4. The molecule has 0 bridgehead atoms. The van der Waals surface area contributed by atoms with Gasteiger partial charge in [-0.3, -0.25) is 4.79 Å². The highest BCUT2D eigenvalue weighted by molar-refractivity contribution is 5.68. The third-order valence-corrected chi connectivity index (χ3v) is 4.25. The summed E-state index contributed by atoms with van der Waals surface area (Å²) in [6.07, 6.45) is 4.60. The summed E-state index contributed by atoms with van der Waals surface area (Å²) in [6.45, 7) is 2.36. The van der Waals surface area contributed by atoms with E-state index in [2.05, 4.69) is 10.6 Å². The normalized spacial score (nSPS) is 25.5. The Labute approximate surface area is 102 Å². The van der Waals surface area contributed by atoms with Crippen molar-refractivity contribution in [1.82, 2.24) is 10.6 Å². The number of hydrogen-bond acceptors (Lipinski definition) is 4. The zero-order chi connectivity index (χ0) is 12.4. The highest BCUT2D eigenvalue weighted by Crippen LogP contribution is 2.37. The fourth-order valence-corrected chi connectivity index (χ4v) is 2.92. The molecule has 2 aliphatic rings. The fourth-order valence-electron chi connectivity index (χ4n) is 2.92. The lowest BCUT2D eigenvalue weighted by Gasteiger charge is -2.44. The molecule has 0 atom stereocenters. The average molecular weight is 242 g/mol. The third kappa shape index (κ3) is 2.78. The second kappa shape index (κ2) is 4.92. The first-order chi connectivity index (χ1) is 8.10. The van der Waals surface area contributed by atoms with Gasteiger partial charge in [0.15, 0.2) is 0 Å². The molecule has 1 saturated carbocycles. The molecule has 0 spiro atoms. The third-order valence-electron chi connectivity index (χ3n) is 4.25. The standard InChI is InChI=1S/C12H22N2O3/c15-9-11(3-1-2-4-11)6-14-12(5-10(16)17)7-13-8-12/h13-15H,1-9H2,(H,16,17). The van der Waals surface area contributed by atoms with Gasteiger partial charge in [0.1, 0.15) is 0 Å². The first-order valence-corrected chi connectivity index (χ1v) is 6.38. The fraction of sp³-hybridized carbons (Fsp3) is 0.917. The Kier molecular flexibility index (Phi) is 3.70. The molecule has 2 fully saturated rings. The Morgan fingerprint density at radius 2 is 1.94 bits per heavy atom. The first kappa shape index (κ1) is 12.8. The summed E-state index contributed by atoms with van der Waals surface area (Å²) >= 11 is 0. The van der Waals surface area contributed by atoms with Crippen molar-refractivity contribution in [3.05, 3.63) is 0 Å². The first-order valence-electron chi connectivity index (χ1n) is 6.38. The van der Waals surface area contributed by atoms with Gasteiger partial charge in [-0.25, -0.2) is 0 Å². The van der Waals surface area contributed by atoms with Crippen LogP contribution in [0.3, 0.4) is 0 Å². The van der Waals surface area contributed by atoms with E-state index in [1.807, 2.05) is 0 Å². The molecule has 0 aromatic carbocycles. The van der Waals surface area contributed by atoms with E-state index in [1.165, 1.54) is 12.8 Å². The van der Waals surface area contributed by atoms with E-state index in [1.54, 1.807) is 0 Å². The smallest absolute Gasteiger partial charge is 0.305 e. The zero-order valence-electron chi connectivity index (χ0n) is 10.2. The van der Waals surface area contributed by atoms with Crippen molar-refractivity contribution in [2.24, 2.45) is 5.41 Å². The molecule has 0 aromatic rings. The molecule has 0 unspecified atom stereocenters. The van der Waals surface area contributed by atoms with Crippen LogP contribution in [0.1, 0.15) is 32.1 Å². The molecule has 4 N–H and O–H groups in total. The van der Waals surface area contributed by atoms with Crippen LogP contribution in [0.25, 0.3) is 0 Å². The highest BCUT2D eigenvalue weighted by atomic mass is 16.4. The van der Waals surface area contributed by atoms with Gasteiger partial charge >= 0.3 is 5.97 Å². The Hall–Kier alpha value is -0.650. The predicted molar refractivity (Wildman–Crippen MR) is 63.8 cm³/mol. The van der Waals surface area contributed by atoms with Crippen LogP contribution in [-0.4, -0.2) is 48.0 Å². The van der Waals surface area contributed by atoms with Crippen LogP contribution in [0.4, 0.5) is 0 Å². The Morgan fingerprint density at radius 3 is 2.35 bits per heavy atom. The average Bonchev–Trinajstić information content (AvgIpc) is 2.71. The van der Waals surface area contributed by atoms with Crippen molar-refractivity contribution in [1.29, 1.82) is 0 Å². The van der Waals surface area contributed by atoms with Crippen molar-refractivity contribution in [3.8, 4) is 0 Å². The molecule has 17 heavy (non-hydrogen) atoms.